The van der Waals surface area contributed by atoms with Crippen LogP contribution in [-0.4, -0.2) is 13.4 Å². The molecule has 1 rings (SSSR count). The number of hydrogen-bond donors (Lipinski definition) is 1. The zero-order chi connectivity index (χ0) is 9.19. The summed E-state index contributed by atoms with van der Waals surface area (Å²) < 4.78 is 21.3. The first-order valence-corrected chi connectivity index (χ1v) is 4.47. The molecule has 0 atom stereocenters. The molecule has 0 spiro atoms. The van der Waals surface area contributed by atoms with Crippen LogP contribution in [-0.2, 0) is 10.0 Å². The third-order valence-electron chi connectivity index (χ3n) is 1.16. The molecule has 0 aliphatic heterocycles. The highest BCUT2D eigenvalue weighted by Crippen LogP contribution is 2.02. The van der Waals surface area contributed by atoms with Gasteiger partial charge in [0, 0.05) is 6.20 Å². The average molecular weight is 183 g/mol. The van der Waals surface area contributed by atoms with Gasteiger partial charge < -0.3 is 0 Å². The van der Waals surface area contributed by atoms with Crippen LogP contribution in [0, 0.1) is 11.3 Å². The highest BCUT2D eigenvalue weighted by Gasteiger charge is 2.07. The second-order valence-electron chi connectivity index (χ2n) is 2.04. The first-order valence-electron chi connectivity index (χ1n) is 2.93. The van der Waals surface area contributed by atoms with E-state index < -0.39 is 10.0 Å². The molecule has 0 aliphatic carbocycles. The van der Waals surface area contributed by atoms with Crippen molar-refractivity contribution in [1.82, 2.24) is 4.98 Å². The van der Waals surface area contributed by atoms with Crippen molar-refractivity contribution in [3.05, 3.63) is 23.9 Å². The molecule has 0 amide bonds. The fourth-order valence-corrected chi connectivity index (χ4v) is 1.07. The lowest BCUT2D eigenvalue weighted by Crippen LogP contribution is -2.13. The fourth-order valence-electron chi connectivity index (χ4n) is 0.615. The van der Waals surface area contributed by atoms with E-state index in [4.69, 9.17) is 10.4 Å². The molecule has 12 heavy (non-hydrogen) atoms. The van der Waals surface area contributed by atoms with E-state index in [1.165, 1.54) is 12.1 Å². The molecule has 62 valence electrons. The Bertz CT molecular complexity index is 415. The number of primary sulfonamides is 1. The zero-order valence-corrected chi connectivity index (χ0v) is 6.75. The molecule has 0 aliphatic rings. The van der Waals surface area contributed by atoms with E-state index in [0.29, 0.717) is 5.56 Å². The zero-order valence-electron chi connectivity index (χ0n) is 5.93. The number of sulfonamides is 1. The summed E-state index contributed by atoms with van der Waals surface area (Å²) in [5, 5.41) is 12.9. The van der Waals surface area contributed by atoms with Gasteiger partial charge in [0.2, 0.25) is 0 Å². The first-order chi connectivity index (χ1) is 5.54. The number of nitriles is 1. The Kier molecular flexibility index (Phi) is 2.08. The average Bonchev–Trinajstić information content (AvgIpc) is 2.03. The van der Waals surface area contributed by atoms with Crippen molar-refractivity contribution in [3.63, 3.8) is 0 Å². The number of nitrogens with zero attached hydrogens (tertiary/aromatic N) is 2. The van der Waals surface area contributed by atoms with Crippen LogP contribution in [0.5, 0.6) is 0 Å². The summed E-state index contributed by atoms with van der Waals surface area (Å²) in [7, 11) is -3.75. The fraction of sp³-hybridized carbons (Fsp3) is 0. The molecule has 1 aromatic rings. The van der Waals surface area contributed by atoms with Crippen molar-refractivity contribution < 1.29 is 8.42 Å². The Balaban J connectivity index is 3.20. The van der Waals surface area contributed by atoms with E-state index in [2.05, 4.69) is 4.98 Å². The summed E-state index contributed by atoms with van der Waals surface area (Å²) in [5.41, 5.74) is 0.294. The van der Waals surface area contributed by atoms with E-state index in [-0.39, 0.29) is 5.03 Å². The molecule has 6 heteroatoms. The SMILES string of the molecule is N#Cc1ccc(S(N)(=O)=O)nc1. The standard InChI is InChI=1S/C6H5N3O2S/c7-3-5-1-2-6(9-4-5)12(8,10)11/h1-2,4H,(H2,8,10,11). The van der Waals surface area contributed by atoms with E-state index >= 15 is 0 Å². The highest BCUT2D eigenvalue weighted by atomic mass is 32.2. The second kappa shape index (κ2) is 2.89. The normalized spacial score (nSPS) is 10.7. The van der Waals surface area contributed by atoms with Gasteiger partial charge in [0.15, 0.2) is 5.03 Å². The van der Waals surface area contributed by atoms with Crippen molar-refractivity contribution in [2.24, 2.45) is 5.14 Å². The molecule has 1 heterocycles. The molecule has 0 aromatic carbocycles. The van der Waals surface area contributed by atoms with Crippen LogP contribution < -0.4 is 5.14 Å². The number of nitrogens with two attached hydrogens (primary N) is 1. The quantitative estimate of drug-likeness (QED) is 0.640. The number of pyridine rings is 1. The predicted molar refractivity (Wildman–Crippen MR) is 40.3 cm³/mol. The van der Waals surface area contributed by atoms with Crippen LogP contribution in [0.2, 0.25) is 0 Å². The molecule has 0 bridgehead atoms. The summed E-state index contributed by atoms with van der Waals surface area (Å²) in [6.45, 7) is 0. The minimum Gasteiger partial charge on any atom is -0.242 e. The number of rotatable bonds is 1. The summed E-state index contributed by atoms with van der Waals surface area (Å²) in [5.74, 6) is 0. The van der Waals surface area contributed by atoms with Gasteiger partial charge >= 0.3 is 0 Å². The molecular weight excluding hydrogens is 178 g/mol. The highest BCUT2D eigenvalue weighted by molar-refractivity contribution is 7.89. The van der Waals surface area contributed by atoms with Gasteiger partial charge in [0.05, 0.1) is 5.56 Å². The summed E-state index contributed by atoms with van der Waals surface area (Å²) >= 11 is 0. The monoisotopic (exact) mass is 183 g/mol. The topological polar surface area (TPSA) is 96.8 Å². The largest absolute Gasteiger partial charge is 0.255 e. The van der Waals surface area contributed by atoms with Crippen LogP contribution in [0.15, 0.2) is 23.4 Å². The van der Waals surface area contributed by atoms with Crippen molar-refractivity contribution in [1.29, 1.82) is 5.26 Å². The van der Waals surface area contributed by atoms with Crippen LogP contribution in [0.25, 0.3) is 0 Å². The van der Waals surface area contributed by atoms with Crippen molar-refractivity contribution in [2.75, 3.05) is 0 Å². The van der Waals surface area contributed by atoms with E-state index in [1.807, 2.05) is 6.07 Å². The number of aromatic nitrogens is 1. The molecule has 0 unspecified atom stereocenters. The van der Waals surface area contributed by atoms with Crippen molar-refractivity contribution >= 4 is 10.0 Å². The Labute approximate surface area is 69.5 Å². The maximum absolute atomic E-state index is 10.7. The molecule has 0 saturated heterocycles. The Morgan fingerprint density at radius 2 is 2.17 bits per heavy atom. The molecule has 0 radical (unpaired) electrons. The Morgan fingerprint density at radius 3 is 2.50 bits per heavy atom. The Hall–Kier alpha value is -1.45. The van der Waals surface area contributed by atoms with E-state index in [9.17, 15) is 8.42 Å². The maximum atomic E-state index is 10.7. The van der Waals surface area contributed by atoms with Crippen LogP contribution in [0.4, 0.5) is 0 Å². The first kappa shape index (κ1) is 8.64. The summed E-state index contributed by atoms with van der Waals surface area (Å²) in [6.07, 6.45) is 1.15. The molecule has 1 aromatic heterocycles. The Morgan fingerprint density at radius 1 is 1.50 bits per heavy atom. The lowest BCUT2D eigenvalue weighted by Gasteiger charge is -1.94. The van der Waals surface area contributed by atoms with Gasteiger partial charge in [-0.15, -0.1) is 0 Å². The predicted octanol–water partition coefficient (Wildman–Crippen LogP) is -0.399. The van der Waals surface area contributed by atoms with Gasteiger partial charge in [0.25, 0.3) is 10.0 Å². The molecule has 5 nitrogen and oxygen atoms in total. The van der Waals surface area contributed by atoms with Crippen LogP contribution in [0.1, 0.15) is 5.56 Å². The lowest BCUT2D eigenvalue weighted by molar-refractivity contribution is 0.594. The van der Waals surface area contributed by atoms with Gasteiger partial charge in [-0.25, -0.2) is 18.5 Å². The molecule has 0 saturated carbocycles. The van der Waals surface area contributed by atoms with Gasteiger partial charge in [-0.05, 0) is 12.1 Å². The van der Waals surface area contributed by atoms with Crippen molar-refractivity contribution in [3.8, 4) is 6.07 Å². The molecular formula is C6H5N3O2S. The minimum absolute atomic E-state index is 0.235. The van der Waals surface area contributed by atoms with E-state index in [1.54, 1.807) is 0 Å². The van der Waals surface area contributed by atoms with Gasteiger partial charge in [-0.2, -0.15) is 5.26 Å². The molecule has 0 fully saturated rings. The molecule has 2 N–H and O–H groups in total. The maximum Gasteiger partial charge on any atom is 0.255 e. The van der Waals surface area contributed by atoms with Crippen LogP contribution >= 0.6 is 0 Å². The second-order valence-corrected chi connectivity index (χ2v) is 3.55. The lowest BCUT2D eigenvalue weighted by atomic mass is 10.3. The van der Waals surface area contributed by atoms with Crippen LogP contribution in [0.3, 0.4) is 0 Å². The third-order valence-corrected chi connectivity index (χ3v) is 1.98. The van der Waals surface area contributed by atoms with Gasteiger partial charge in [-0.1, -0.05) is 0 Å². The smallest absolute Gasteiger partial charge is 0.242 e. The van der Waals surface area contributed by atoms with Gasteiger partial charge in [0.1, 0.15) is 6.07 Å². The summed E-state index contributed by atoms with van der Waals surface area (Å²) in [6, 6.07) is 4.34. The number of hydrogen-bond acceptors (Lipinski definition) is 4. The summed E-state index contributed by atoms with van der Waals surface area (Å²) in [4.78, 5) is 3.49. The van der Waals surface area contributed by atoms with Gasteiger partial charge in [-0.3, -0.25) is 0 Å². The van der Waals surface area contributed by atoms with E-state index in [0.717, 1.165) is 6.20 Å². The third kappa shape index (κ3) is 1.78. The minimum atomic E-state index is -3.75. The van der Waals surface area contributed by atoms with Crippen molar-refractivity contribution in [2.45, 2.75) is 5.03 Å².